The molecule has 0 aliphatic rings. The molecule has 0 bridgehead atoms. The van der Waals surface area contributed by atoms with Gasteiger partial charge in [0.25, 0.3) is 0 Å². The third-order valence-electron chi connectivity index (χ3n) is 5.62. The Labute approximate surface area is 205 Å². The number of rotatable bonds is 10. The third kappa shape index (κ3) is 6.15. The summed E-state index contributed by atoms with van der Waals surface area (Å²) in [6, 6.07) is 12.0. The Hall–Kier alpha value is -3.94. The fraction of sp³-hybridized carbons (Fsp3) is 0.214. The van der Waals surface area contributed by atoms with E-state index in [9.17, 15) is 15.3 Å². The SMILES string of the molecule is COc1c(O)ccc(C=Cc2cc(O)cc(C=Cc3ccc(O)c(OC)c3CCN)c2)c1CCN. The second-order valence-electron chi connectivity index (χ2n) is 7.97. The number of ether oxygens (including phenoxy) is 2. The van der Waals surface area contributed by atoms with Crippen LogP contribution in [-0.2, 0) is 12.8 Å². The van der Waals surface area contributed by atoms with Gasteiger partial charge in [-0.2, -0.15) is 0 Å². The van der Waals surface area contributed by atoms with Gasteiger partial charge in [-0.25, -0.2) is 0 Å². The lowest BCUT2D eigenvalue weighted by atomic mass is 9.99. The van der Waals surface area contributed by atoms with Crippen LogP contribution in [0.1, 0.15) is 33.4 Å². The van der Waals surface area contributed by atoms with Gasteiger partial charge in [0, 0.05) is 11.1 Å². The molecule has 0 amide bonds. The standard InChI is InChI=1S/C28H32N2O5/c1-34-27-23(11-13-29)20(7-9-25(27)32)5-3-18-15-19(17-22(31)16-18)4-6-21-8-10-26(33)28(35-2)24(21)12-14-30/h3-10,15-17,31-33H,11-14,29-30H2,1-2H3. The first kappa shape index (κ1) is 25.7. The minimum Gasteiger partial charge on any atom is -0.508 e. The van der Waals surface area contributed by atoms with Crippen molar-refractivity contribution in [3.8, 4) is 28.7 Å². The molecule has 35 heavy (non-hydrogen) atoms. The first-order chi connectivity index (χ1) is 16.9. The Morgan fingerprint density at radius 2 is 1.09 bits per heavy atom. The quantitative estimate of drug-likeness (QED) is 0.278. The Morgan fingerprint density at radius 1 is 0.657 bits per heavy atom. The van der Waals surface area contributed by atoms with E-state index in [4.69, 9.17) is 20.9 Å². The number of phenolic OH excluding ortho intramolecular Hbond substituents is 3. The minimum atomic E-state index is 0.0674. The molecule has 0 spiro atoms. The molecule has 0 saturated carbocycles. The lowest BCUT2D eigenvalue weighted by molar-refractivity contribution is 0.369. The maximum atomic E-state index is 10.3. The summed E-state index contributed by atoms with van der Waals surface area (Å²) in [5.41, 5.74) is 16.5. The Balaban J connectivity index is 1.94. The second kappa shape index (κ2) is 12.0. The number of methoxy groups -OCH3 is 2. The van der Waals surface area contributed by atoms with Crippen molar-refractivity contribution in [1.29, 1.82) is 0 Å². The van der Waals surface area contributed by atoms with Gasteiger partial charge >= 0.3 is 0 Å². The van der Waals surface area contributed by atoms with E-state index < -0.39 is 0 Å². The highest BCUT2D eigenvalue weighted by Gasteiger charge is 2.13. The van der Waals surface area contributed by atoms with E-state index in [0.717, 1.165) is 33.4 Å². The number of aromatic hydroxyl groups is 3. The Morgan fingerprint density at radius 3 is 1.46 bits per heavy atom. The number of hydrogen-bond acceptors (Lipinski definition) is 7. The molecule has 0 unspecified atom stereocenters. The molecule has 0 aliphatic heterocycles. The topological polar surface area (TPSA) is 131 Å². The van der Waals surface area contributed by atoms with Crippen LogP contribution in [0.3, 0.4) is 0 Å². The summed E-state index contributed by atoms with van der Waals surface area (Å²) in [6.45, 7) is 0.825. The smallest absolute Gasteiger partial charge is 0.164 e. The maximum absolute atomic E-state index is 10.3. The molecule has 7 nitrogen and oxygen atoms in total. The molecule has 3 rings (SSSR count). The molecule has 3 aromatic rings. The fourth-order valence-electron chi connectivity index (χ4n) is 4.06. The van der Waals surface area contributed by atoms with E-state index in [1.165, 1.54) is 14.2 Å². The van der Waals surface area contributed by atoms with Gasteiger partial charge in [0.2, 0.25) is 0 Å². The highest BCUT2D eigenvalue weighted by molar-refractivity contribution is 5.78. The molecule has 0 fully saturated rings. The average molecular weight is 477 g/mol. The summed E-state index contributed by atoms with van der Waals surface area (Å²) in [7, 11) is 3.03. The minimum absolute atomic E-state index is 0.0674. The van der Waals surface area contributed by atoms with Gasteiger partial charge in [-0.3, -0.25) is 0 Å². The molecule has 3 aromatic carbocycles. The highest BCUT2D eigenvalue weighted by atomic mass is 16.5. The van der Waals surface area contributed by atoms with Crippen molar-refractivity contribution in [2.24, 2.45) is 11.5 Å². The Bertz CT molecular complexity index is 1140. The van der Waals surface area contributed by atoms with Gasteiger partial charge in [0.15, 0.2) is 23.0 Å². The van der Waals surface area contributed by atoms with Crippen molar-refractivity contribution in [2.75, 3.05) is 27.3 Å². The van der Waals surface area contributed by atoms with Crippen molar-refractivity contribution in [1.82, 2.24) is 0 Å². The van der Waals surface area contributed by atoms with E-state index in [-0.39, 0.29) is 17.2 Å². The molecular formula is C28H32N2O5. The van der Waals surface area contributed by atoms with Crippen molar-refractivity contribution < 1.29 is 24.8 Å². The lowest BCUT2D eigenvalue weighted by Crippen LogP contribution is -2.06. The van der Waals surface area contributed by atoms with E-state index in [1.54, 1.807) is 36.4 Å². The maximum Gasteiger partial charge on any atom is 0.164 e. The van der Waals surface area contributed by atoms with Crippen LogP contribution in [0.2, 0.25) is 0 Å². The van der Waals surface area contributed by atoms with E-state index in [2.05, 4.69) is 0 Å². The number of hydrogen-bond donors (Lipinski definition) is 5. The van der Waals surface area contributed by atoms with E-state index in [0.29, 0.717) is 37.4 Å². The third-order valence-corrected chi connectivity index (χ3v) is 5.62. The summed E-state index contributed by atoms with van der Waals surface area (Å²) in [5.74, 6) is 1.09. The van der Waals surface area contributed by atoms with Crippen LogP contribution in [0.5, 0.6) is 28.7 Å². The molecule has 0 saturated heterocycles. The van der Waals surface area contributed by atoms with Gasteiger partial charge in [-0.05, 0) is 78.5 Å². The summed E-state index contributed by atoms with van der Waals surface area (Å²) in [6.07, 6.45) is 8.66. The number of nitrogens with two attached hydrogens (primary N) is 2. The number of phenols is 3. The van der Waals surface area contributed by atoms with Gasteiger partial charge in [0.05, 0.1) is 14.2 Å². The lowest BCUT2D eigenvalue weighted by Gasteiger charge is -2.13. The van der Waals surface area contributed by atoms with Gasteiger partial charge in [-0.1, -0.05) is 36.4 Å². The van der Waals surface area contributed by atoms with Crippen molar-refractivity contribution in [3.63, 3.8) is 0 Å². The number of benzene rings is 3. The van der Waals surface area contributed by atoms with Crippen LogP contribution in [0.15, 0.2) is 42.5 Å². The van der Waals surface area contributed by atoms with E-state index >= 15 is 0 Å². The van der Waals surface area contributed by atoms with Crippen LogP contribution >= 0.6 is 0 Å². The Kier molecular flexibility index (Phi) is 8.78. The zero-order valence-electron chi connectivity index (χ0n) is 20.0. The van der Waals surface area contributed by atoms with Gasteiger partial charge < -0.3 is 36.3 Å². The molecule has 0 radical (unpaired) electrons. The molecular weight excluding hydrogens is 444 g/mol. The predicted molar refractivity (Wildman–Crippen MR) is 141 cm³/mol. The molecule has 184 valence electrons. The highest BCUT2D eigenvalue weighted by Crippen LogP contribution is 2.35. The normalized spacial score (nSPS) is 11.4. The van der Waals surface area contributed by atoms with Gasteiger partial charge in [0.1, 0.15) is 5.75 Å². The van der Waals surface area contributed by atoms with Crippen LogP contribution < -0.4 is 20.9 Å². The zero-order chi connectivity index (χ0) is 25.4. The zero-order valence-corrected chi connectivity index (χ0v) is 20.0. The fourth-order valence-corrected chi connectivity index (χ4v) is 4.06. The average Bonchev–Trinajstić information content (AvgIpc) is 2.83. The summed E-state index contributed by atoms with van der Waals surface area (Å²) in [5, 5.41) is 30.5. The van der Waals surface area contributed by atoms with Crippen LogP contribution in [0.4, 0.5) is 0 Å². The first-order valence-corrected chi connectivity index (χ1v) is 11.3. The molecule has 7 heteroatoms. The summed E-state index contributed by atoms with van der Waals surface area (Å²) in [4.78, 5) is 0. The van der Waals surface area contributed by atoms with Gasteiger partial charge in [-0.15, -0.1) is 0 Å². The monoisotopic (exact) mass is 476 g/mol. The summed E-state index contributed by atoms with van der Waals surface area (Å²) < 4.78 is 10.7. The molecule has 0 atom stereocenters. The van der Waals surface area contributed by atoms with Crippen LogP contribution in [0, 0.1) is 0 Å². The molecule has 0 heterocycles. The van der Waals surface area contributed by atoms with Crippen molar-refractivity contribution >= 4 is 24.3 Å². The molecule has 0 aliphatic carbocycles. The predicted octanol–water partition coefficient (Wildman–Crippen LogP) is 4.16. The largest absolute Gasteiger partial charge is 0.508 e. The van der Waals surface area contributed by atoms with Crippen LogP contribution in [-0.4, -0.2) is 42.6 Å². The summed E-state index contributed by atoms with van der Waals surface area (Å²) >= 11 is 0. The van der Waals surface area contributed by atoms with Crippen molar-refractivity contribution in [3.05, 3.63) is 75.8 Å². The first-order valence-electron chi connectivity index (χ1n) is 11.3. The van der Waals surface area contributed by atoms with Crippen molar-refractivity contribution in [2.45, 2.75) is 12.8 Å². The molecule has 0 aromatic heterocycles. The van der Waals surface area contributed by atoms with E-state index in [1.807, 2.05) is 30.4 Å². The molecule has 7 N–H and O–H groups in total. The second-order valence-corrected chi connectivity index (χ2v) is 7.97. The van der Waals surface area contributed by atoms with Crippen LogP contribution in [0.25, 0.3) is 24.3 Å².